The van der Waals surface area contributed by atoms with Crippen LogP contribution >= 0.6 is 0 Å². The van der Waals surface area contributed by atoms with Crippen molar-refractivity contribution in [3.63, 3.8) is 0 Å². The second-order valence-electron chi connectivity index (χ2n) is 12.8. The van der Waals surface area contributed by atoms with E-state index in [4.69, 9.17) is 15.0 Å². The Bertz CT molecular complexity index is 2040. The molecule has 1 aromatic heterocycles. The van der Waals surface area contributed by atoms with Crippen LogP contribution in [-0.2, 0) is 5.41 Å². The van der Waals surface area contributed by atoms with Crippen molar-refractivity contribution in [2.45, 2.75) is 53.9 Å². The first-order valence-electron chi connectivity index (χ1n) is 14.7. The molecular formula is C39H35N3. The van der Waals surface area contributed by atoms with Crippen LogP contribution in [0, 0.1) is 27.7 Å². The second kappa shape index (κ2) is 9.46. The van der Waals surface area contributed by atoms with Crippen molar-refractivity contribution >= 4 is 32.3 Å². The predicted molar refractivity (Wildman–Crippen MR) is 177 cm³/mol. The molecule has 42 heavy (non-hydrogen) atoms. The van der Waals surface area contributed by atoms with E-state index in [-0.39, 0.29) is 5.41 Å². The van der Waals surface area contributed by atoms with Crippen LogP contribution in [0.15, 0.2) is 84.9 Å². The summed E-state index contributed by atoms with van der Waals surface area (Å²) in [5.41, 5.74) is 9.22. The molecular weight excluding hydrogens is 510 g/mol. The summed E-state index contributed by atoms with van der Waals surface area (Å²) >= 11 is 0. The normalized spacial score (nSPS) is 12.2. The quantitative estimate of drug-likeness (QED) is 0.207. The maximum absolute atomic E-state index is 5.19. The van der Waals surface area contributed by atoms with E-state index in [0.29, 0.717) is 17.5 Å². The second-order valence-corrected chi connectivity index (χ2v) is 12.8. The molecule has 0 unspecified atom stereocenters. The number of benzene rings is 6. The number of hydrogen-bond donors (Lipinski definition) is 0. The molecule has 0 bridgehead atoms. The number of hydrogen-bond acceptors (Lipinski definition) is 3. The molecule has 0 aliphatic carbocycles. The van der Waals surface area contributed by atoms with Gasteiger partial charge in [-0.25, -0.2) is 15.0 Å². The molecule has 0 atom stereocenters. The molecule has 3 nitrogen and oxygen atoms in total. The molecule has 0 fully saturated rings. The molecule has 0 aliphatic rings. The van der Waals surface area contributed by atoms with Gasteiger partial charge >= 0.3 is 0 Å². The minimum Gasteiger partial charge on any atom is -0.208 e. The monoisotopic (exact) mass is 545 g/mol. The van der Waals surface area contributed by atoms with E-state index in [1.807, 2.05) is 0 Å². The van der Waals surface area contributed by atoms with E-state index in [0.717, 1.165) is 38.9 Å². The molecule has 0 saturated carbocycles. The van der Waals surface area contributed by atoms with E-state index < -0.39 is 0 Å². The largest absolute Gasteiger partial charge is 0.208 e. The zero-order valence-corrected chi connectivity index (χ0v) is 25.4. The van der Waals surface area contributed by atoms with Crippen molar-refractivity contribution in [3.05, 3.63) is 113 Å². The Morgan fingerprint density at radius 2 is 0.929 bits per heavy atom. The van der Waals surface area contributed by atoms with Crippen molar-refractivity contribution in [2.24, 2.45) is 0 Å². The Kier molecular flexibility index (Phi) is 5.92. The third-order valence-electron chi connectivity index (χ3n) is 8.75. The van der Waals surface area contributed by atoms with Gasteiger partial charge in [0.05, 0.1) is 0 Å². The zero-order valence-electron chi connectivity index (χ0n) is 25.4. The molecule has 1 heterocycles. The van der Waals surface area contributed by atoms with Crippen molar-refractivity contribution in [2.75, 3.05) is 0 Å². The molecule has 7 aromatic rings. The van der Waals surface area contributed by atoms with Crippen molar-refractivity contribution in [3.8, 4) is 34.2 Å². The van der Waals surface area contributed by atoms with E-state index in [2.05, 4.69) is 133 Å². The highest BCUT2D eigenvalue weighted by Crippen LogP contribution is 2.41. The summed E-state index contributed by atoms with van der Waals surface area (Å²) in [4.78, 5) is 15.5. The van der Waals surface area contributed by atoms with Gasteiger partial charge in [-0.2, -0.15) is 0 Å². The highest BCUT2D eigenvalue weighted by Gasteiger charge is 2.21. The van der Waals surface area contributed by atoms with Crippen LogP contribution in [0.3, 0.4) is 0 Å². The van der Waals surface area contributed by atoms with Crippen LogP contribution in [-0.4, -0.2) is 15.0 Å². The van der Waals surface area contributed by atoms with E-state index >= 15 is 0 Å². The highest BCUT2D eigenvalue weighted by molar-refractivity contribution is 6.25. The lowest BCUT2D eigenvalue weighted by molar-refractivity contribution is 0.591. The van der Waals surface area contributed by atoms with Crippen LogP contribution in [0.1, 0.15) is 48.6 Å². The number of aryl methyl sites for hydroxylation is 4. The Hall–Kier alpha value is -4.63. The van der Waals surface area contributed by atoms with Gasteiger partial charge < -0.3 is 0 Å². The first kappa shape index (κ1) is 26.3. The van der Waals surface area contributed by atoms with Gasteiger partial charge in [0.1, 0.15) is 0 Å². The number of nitrogens with zero attached hydrogens (tertiary/aromatic N) is 3. The van der Waals surface area contributed by atoms with E-state index in [1.165, 1.54) is 37.9 Å². The molecule has 0 aliphatic heterocycles. The third-order valence-corrected chi connectivity index (χ3v) is 8.75. The van der Waals surface area contributed by atoms with Crippen LogP contribution in [0.5, 0.6) is 0 Å². The van der Waals surface area contributed by atoms with E-state index in [9.17, 15) is 0 Å². The predicted octanol–water partition coefficient (Wildman–Crippen LogP) is 10.3. The lowest BCUT2D eigenvalue weighted by atomic mass is 9.83. The summed E-state index contributed by atoms with van der Waals surface area (Å²) in [5.74, 6) is 2.14. The molecule has 0 saturated heterocycles. The summed E-state index contributed by atoms with van der Waals surface area (Å²) < 4.78 is 0. The van der Waals surface area contributed by atoms with Gasteiger partial charge in [0.25, 0.3) is 0 Å². The fourth-order valence-corrected chi connectivity index (χ4v) is 6.50. The van der Waals surface area contributed by atoms with E-state index in [1.54, 1.807) is 0 Å². The molecule has 0 N–H and O–H groups in total. The zero-order chi connectivity index (χ0) is 29.3. The summed E-state index contributed by atoms with van der Waals surface area (Å²) in [6.07, 6.45) is 0. The highest BCUT2D eigenvalue weighted by atomic mass is 15.0. The summed E-state index contributed by atoms with van der Waals surface area (Å²) in [7, 11) is 0. The minimum absolute atomic E-state index is 0.0781. The molecule has 0 spiro atoms. The molecule has 206 valence electrons. The van der Waals surface area contributed by atoms with Crippen molar-refractivity contribution < 1.29 is 0 Å². The van der Waals surface area contributed by atoms with Gasteiger partial charge in [-0.15, -0.1) is 0 Å². The average molecular weight is 546 g/mol. The fraction of sp³-hybridized carbons (Fsp3) is 0.205. The number of aromatic nitrogens is 3. The maximum atomic E-state index is 5.19. The molecule has 3 heteroatoms. The lowest BCUT2D eigenvalue weighted by Gasteiger charge is -2.22. The van der Waals surface area contributed by atoms with Gasteiger partial charge in [0.2, 0.25) is 0 Å². The average Bonchev–Trinajstić information content (AvgIpc) is 2.95. The Morgan fingerprint density at radius 3 is 1.45 bits per heavy atom. The van der Waals surface area contributed by atoms with Gasteiger partial charge in [0, 0.05) is 16.7 Å². The summed E-state index contributed by atoms with van der Waals surface area (Å²) in [6.45, 7) is 15.4. The smallest absolute Gasteiger partial charge is 0.164 e. The lowest BCUT2D eigenvalue weighted by Crippen LogP contribution is -2.10. The topological polar surface area (TPSA) is 38.7 Å². The fourth-order valence-electron chi connectivity index (χ4n) is 6.50. The van der Waals surface area contributed by atoms with Crippen molar-refractivity contribution in [1.29, 1.82) is 0 Å². The molecule has 0 radical (unpaired) electrons. The van der Waals surface area contributed by atoms with Gasteiger partial charge in [-0.05, 0) is 99.3 Å². The Labute approximate surface area is 247 Å². The van der Waals surface area contributed by atoms with Crippen molar-refractivity contribution in [1.82, 2.24) is 15.0 Å². The maximum Gasteiger partial charge on any atom is 0.164 e. The first-order chi connectivity index (χ1) is 20.1. The van der Waals surface area contributed by atoms with Crippen LogP contribution < -0.4 is 0 Å². The minimum atomic E-state index is 0.0781. The van der Waals surface area contributed by atoms with Crippen LogP contribution in [0.4, 0.5) is 0 Å². The SMILES string of the molecule is Cc1cccc(C)c1-c1nc(-c2c(C)cccc2C)nc(-c2ccc3ccc4cc(C(C)(C)C)cc5ccc2c3c45)n1. The van der Waals surface area contributed by atoms with Crippen LogP contribution in [0.25, 0.3) is 66.5 Å². The molecule has 6 aromatic carbocycles. The summed E-state index contributed by atoms with van der Waals surface area (Å²) in [6, 6.07) is 30.9. The van der Waals surface area contributed by atoms with Gasteiger partial charge in [-0.1, -0.05) is 99.6 Å². The Morgan fingerprint density at radius 1 is 0.476 bits per heavy atom. The van der Waals surface area contributed by atoms with Crippen LogP contribution in [0.2, 0.25) is 0 Å². The first-order valence-corrected chi connectivity index (χ1v) is 14.7. The standard InChI is InChI=1S/C39H35N3/c1-22-10-8-11-23(2)32(22)37-40-36(41-38(42-37)33-24(3)12-9-13-25(33)4)31-19-16-26-14-15-27-20-29(39(5,6)7)21-28-17-18-30(31)35(26)34(27)28/h8-21H,1-7H3. The van der Waals surface area contributed by atoms with Gasteiger partial charge in [-0.3, -0.25) is 0 Å². The molecule has 7 rings (SSSR count). The van der Waals surface area contributed by atoms with Gasteiger partial charge in [0.15, 0.2) is 17.5 Å². The Balaban J connectivity index is 1.55. The number of rotatable bonds is 3. The summed E-state index contributed by atoms with van der Waals surface area (Å²) in [5, 5.41) is 7.52. The molecule has 0 amide bonds. The third kappa shape index (κ3) is 4.15.